The first-order valence-electron chi connectivity index (χ1n) is 8.62. The van der Waals surface area contributed by atoms with E-state index in [9.17, 15) is 4.79 Å². The summed E-state index contributed by atoms with van der Waals surface area (Å²) < 4.78 is 0.994. The molecule has 0 aliphatic carbocycles. The molecule has 0 bridgehead atoms. The number of rotatable bonds is 5. The van der Waals surface area contributed by atoms with Gasteiger partial charge in [0.25, 0.3) is 5.91 Å². The van der Waals surface area contributed by atoms with Gasteiger partial charge in [0.2, 0.25) is 0 Å². The molecule has 2 N–H and O–H groups in total. The lowest BCUT2D eigenvalue weighted by Crippen LogP contribution is -2.11. The first-order chi connectivity index (χ1) is 13.6. The van der Waals surface area contributed by atoms with Crippen LogP contribution >= 0.6 is 11.3 Å². The summed E-state index contributed by atoms with van der Waals surface area (Å²) >= 11 is 1.38. The molecule has 2 aromatic carbocycles. The summed E-state index contributed by atoms with van der Waals surface area (Å²) in [5.41, 5.74) is 3.33. The fourth-order valence-electron chi connectivity index (χ4n) is 2.60. The minimum atomic E-state index is -0.216. The van der Waals surface area contributed by atoms with Crippen molar-refractivity contribution in [1.29, 1.82) is 0 Å². The number of amides is 1. The Balaban J connectivity index is 1.44. The Labute approximate surface area is 166 Å². The second-order valence-electron chi connectivity index (χ2n) is 6.34. The van der Waals surface area contributed by atoms with E-state index in [1.807, 2.05) is 73.6 Å². The Morgan fingerprint density at radius 3 is 2.54 bits per heavy atom. The van der Waals surface area contributed by atoms with E-state index in [-0.39, 0.29) is 5.91 Å². The van der Waals surface area contributed by atoms with Crippen LogP contribution in [0.5, 0.6) is 0 Å². The van der Waals surface area contributed by atoms with Gasteiger partial charge < -0.3 is 15.5 Å². The van der Waals surface area contributed by atoms with Crippen LogP contribution in [0.2, 0.25) is 0 Å². The van der Waals surface area contributed by atoms with E-state index in [0.29, 0.717) is 16.5 Å². The normalized spacial score (nSPS) is 10.6. The molecule has 0 saturated heterocycles. The van der Waals surface area contributed by atoms with Gasteiger partial charge in [-0.2, -0.15) is 5.10 Å². The van der Waals surface area contributed by atoms with Crippen LogP contribution in [-0.4, -0.2) is 35.2 Å². The van der Waals surface area contributed by atoms with Crippen molar-refractivity contribution >= 4 is 50.3 Å². The van der Waals surface area contributed by atoms with E-state index < -0.39 is 0 Å². The van der Waals surface area contributed by atoms with E-state index in [4.69, 9.17) is 0 Å². The Hall–Kier alpha value is -3.52. The lowest BCUT2D eigenvalue weighted by Gasteiger charge is -2.13. The van der Waals surface area contributed by atoms with Crippen LogP contribution in [-0.2, 0) is 0 Å². The molecule has 0 aliphatic heterocycles. The largest absolute Gasteiger partial charge is 0.376 e. The van der Waals surface area contributed by atoms with Crippen LogP contribution in [0.15, 0.2) is 60.8 Å². The number of fused-ring (bicyclic) bond motifs is 1. The Kier molecular flexibility index (Phi) is 4.86. The van der Waals surface area contributed by atoms with Gasteiger partial charge in [0, 0.05) is 31.5 Å². The first kappa shape index (κ1) is 17.9. The van der Waals surface area contributed by atoms with E-state index in [2.05, 4.69) is 25.8 Å². The van der Waals surface area contributed by atoms with Crippen molar-refractivity contribution in [2.45, 2.75) is 0 Å². The number of para-hydroxylation sites is 1. The number of nitrogens with one attached hydrogen (secondary N) is 2. The summed E-state index contributed by atoms with van der Waals surface area (Å²) in [5, 5.41) is 14.6. The van der Waals surface area contributed by atoms with Crippen molar-refractivity contribution in [3.05, 3.63) is 65.8 Å². The summed E-state index contributed by atoms with van der Waals surface area (Å²) in [6.45, 7) is 0. The lowest BCUT2D eigenvalue weighted by molar-refractivity contribution is 0.102. The SMILES string of the molecule is CN(C)c1cnnc(Nc2ccc(NC(=O)c3nc4ccccc4s3)cc2)c1. The average molecular weight is 390 g/mol. The molecule has 0 spiro atoms. The molecule has 0 fully saturated rings. The van der Waals surface area contributed by atoms with Crippen molar-refractivity contribution in [3.8, 4) is 0 Å². The van der Waals surface area contributed by atoms with Gasteiger partial charge in [0.1, 0.15) is 0 Å². The number of nitrogens with zero attached hydrogens (tertiary/aromatic N) is 4. The minimum Gasteiger partial charge on any atom is -0.376 e. The fourth-order valence-corrected chi connectivity index (χ4v) is 3.46. The predicted molar refractivity (Wildman–Crippen MR) is 114 cm³/mol. The summed E-state index contributed by atoms with van der Waals surface area (Å²) in [6, 6.07) is 17.0. The third kappa shape index (κ3) is 3.91. The van der Waals surface area contributed by atoms with E-state index in [1.165, 1.54) is 11.3 Å². The molecule has 1 amide bonds. The van der Waals surface area contributed by atoms with E-state index in [0.717, 1.165) is 21.6 Å². The standard InChI is InChI=1S/C20H18N6OS/c1-26(2)15-11-18(25-21-12-15)22-13-7-9-14(10-8-13)23-19(27)20-24-16-5-3-4-6-17(16)28-20/h3-12H,1-2H3,(H,22,25)(H,23,27). The number of aromatic nitrogens is 3. The highest BCUT2D eigenvalue weighted by molar-refractivity contribution is 7.20. The Morgan fingerprint density at radius 1 is 1.04 bits per heavy atom. The summed E-state index contributed by atoms with van der Waals surface area (Å²) in [4.78, 5) is 18.8. The maximum atomic E-state index is 12.5. The summed E-state index contributed by atoms with van der Waals surface area (Å²) in [5.74, 6) is 0.434. The molecule has 2 aromatic heterocycles. The Bertz CT molecular complexity index is 1090. The second-order valence-corrected chi connectivity index (χ2v) is 7.37. The highest BCUT2D eigenvalue weighted by Gasteiger charge is 2.12. The van der Waals surface area contributed by atoms with Crippen LogP contribution in [0.1, 0.15) is 9.80 Å². The molecular formula is C20H18N6OS. The molecule has 140 valence electrons. The van der Waals surface area contributed by atoms with Crippen LogP contribution in [0.4, 0.5) is 22.9 Å². The molecule has 28 heavy (non-hydrogen) atoms. The molecule has 4 aromatic rings. The highest BCUT2D eigenvalue weighted by Crippen LogP contribution is 2.23. The van der Waals surface area contributed by atoms with Gasteiger partial charge in [0.15, 0.2) is 10.8 Å². The molecule has 4 rings (SSSR count). The van der Waals surface area contributed by atoms with Gasteiger partial charge in [0.05, 0.1) is 22.1 Å². The average Bonchev–Trinajstić information content (AvgIpc) is 3.14. The molecule has 7 nitrogen and oxygen atoms in total. The second kappa shape index (κ2) is 7.61. The van der Waals surface area contributed by atoms with E-state index >= 15 is 0 Å². The zero-order valence-corrected chi connectivity index (χ0v) is 16.2. The van der Waals surface area contributed by atoms with Crippen LogP contribution < -0.4 is 15.5 Å². The number of carbonyl (C=O) groups is 1. The van der Waals surface area contributed by atoms with Crippen LogP contribution in [0.3, 0.4) is 0 Å². The third-order valence-corrected chi connectivity index (χ3v) is 5.09. The fraction of sp³-hybridized carbons (Fsp3) is 0.100. The maximum Gasteiger partial charge on any atom is 0.284 e. The van der Waals surface area contributed by atoms with Crippen molar-refractivity contribution < 1.29 is 4.79 Å². The van der Waals surface area contributed by atoms with Gasteiger partial charge in [-0.3, -0.25) is 4.79 Å². The highest BCUT2D eigenvalue weighted by atomic mass is 32.1. The number of carbonyl (C=O) groups excluding carboxylic acids is 1. The van der Waals surface area contributed by atoms with Crippen molar-refractivity contribution in [3.63, 3.8) is 0 Å². The van der Waals surface area contributed by atoms with E-state index in [1.54, 1.807) is 6.20 Å². The van der Waals surface area contributed by atoms with Crippen molar-refractivity contribution in [1.82, 2.24) is 15.2 Å². The number of anilines is 4. The molecular weight excluding hydrogens is 372 g/mol. The topological polar surface area (TPSA) is 83.0 Å². The summed E-state index contributed by atoms with van der Waals surface area (Å²) in [7, 11) is 3.90. The summed E-state index contributed by atoms with van der Waals surface area (Å²) in [6.07, 6.45) is 1.70. The van der Waals surface area contributed by atoms with Crippen molar-refractivity contribution in [2.75, 3.05) is 29.6 Å². The van der Waals surface area contributed by atoms with Gasteiger partial charge >= 0.3 is 0 Å². The quantitative estimate of drug-likeness (QED) is 0.533. The molecule has 2 heterocycles. The molecule has 0 unspecified atom stereocenters. The van der Waals surface area contributed by atoms with Crippen molar-refractivity contribution in [2.24, 2.45) is 0 Å². The number of hydrogen-bond donors (Lipinski definition) is 2. The molecule has 8 heteroatoms. The molecule has 0 atom stereocenters. The molecule has 0 aliphatic rings. The third-order valence-electron chi connectivity index (χ3n) is 4.06. The van der Waals surface area contributed by atoms with Crippen LogP contribution in [0.25, 0.3) is 10.2 Å². The van der Waals surface area contributed by atoms with Crippen LogP contribution in [0, 0.1) is 0 Å². The molecule has 0 saturated carbocycles. The van der Waals surface area contributed by atoms with Gasteiger partial charge in [-0.05, 0) is 36.4 Å². The van der Waals surface area contributed by atoms with Gasteiger partial charge in [-0.1, -0.05) is 12.1 Å². The first-order valence-corrected chi connectivity index (χ1v) is 9.44. The number of benzene rings is 2. The van der Waals surface area contributed by atoms with Gasteiger partial charge in [-0.25, -0.2) is 4.98 Å². The monoisotopic (exact) mass is 390 g/mol. The Morgan fingerprint density at radius 2 is 1.79 bits per heavy atom. The minimum absolute atomic E-state index is 0.216. The zero-order valence-electron chi connectivity index (χ0n) is 15.4. The number of hydrogen-bond acceptors (Lipinski definition) is 7. The maximum absolute atomic E-state index is 12.5. The van der Waals surface area contributed by atoms with Gasteiger partial charge in [-0.15, -0.1) is 16.4 Å². The zero-order chi connectivity index (χ0) is 19.5. The smallest absolute Gasteiger partial charge is 0.284 e. The molecule has 0 radical (unpaired) electrons. The number of thiazole rings is 1. The lowest BCUT2D eigenvalue weighted by atomic mass is 10.2. The predicted octanol–water partition coefficient (Wildman–Crippen LogP) is 4.15.